The molecule has 17 heavy (non-hydrogen) atoms. The Morgan fingerprint density at radius 3 is 1.65 bits per heavy atom. The van der Waals surface area contributed by atoms with Crippen molar-refractivity contribution in [3.05, 3.63) is 6.42 Å². The number of hydrogen-bond donors (Lipinski definition) is 4. The lowest BCUT2D eigenvalue weighted by Crippen LogP contribution is -2.49. The summed E-state index contributed by atoms with van der Waals surface area (Å²) in [5.41, 5.74) is -2.69. The largest absolute Gasteiger partial charge is 0.481 e. The van der Waals surface area contributed by atoms with Crippen LogP contribution in [-0.4, -0.2) is 44.3 Å². The molecule has 0 aromatic carbocycles. The Morgan fingerprint density at radius 2 is 1.47 bits per heavy atom. The van der Waals surface area contributed by atoms with E-state index in [0.29, 0.717) is 0 Å². The molecule has 0 aliphatic rings. The number of carboxylic acids is 4. The molecule has 0 aliphatic heterocycles. The zero-order valence-corrected chi connectivity index (χ0v) is 8.78. The molecule has 0 fully saturated rings. The fourth-order valence-electron chi connectivity index (χ4n) is 1.45. The second kappa shape index (κ2) is 5.28. The molecule has 8 heteroatoms. The predicted molar refractivity (Wildman–Crippen MR) is 51.1 cm³/mol. The highest BCUT2D eigenvalue weighted by Gasteiger charge is 2.55. The number of carbonyl (C=O) groups is 4. The molecule has 0 saturated heterocycles. The summed E-state index contributed by atoms with van der Waals surface area (Å²) in [6, 6.07) is 0. The quantitative estimate of drug-likeness (QED) is 0.441. The van der Waals surface area contributed by atoms with Crippen LogP contribution in [0.4, 0.5) is 0 Å². The van der Waals surface area contributed by atoms with Gasteiger partial charge in [0.1, 0.15) is 0 Å². The third-order valence-corrected chi connectivity index (χ3v) is 2.43. The fourth-order valence-corrected chi connectivity index (χ4v) is 1.45. The summed E-state index contributed by atoms with van der Waals surface area (Å²) < 4.78 is 0. The van der Waals surface area contributed by atoms with Gasteiger partial charge in [-0.15, -0.1) is 0 Å². The van der Waals surface area contributed by atoms with E-state index in [1.54, 1.807) is 0 Å². The van der Waals surface area contributed by atoms with Gasteiger partial charge >= 0.3 is 23.9 Å². The van der Waals surface area contributed by atoms with Crippen LogP contribution in [0.3, 0.4) is 0 Å². The molecule has 0 aliphatic carbocycles. The van der Waals surface area contributed by atoms with Crippen LogP contribution in [0.5, 0.6) is 0 Å². The average Bonchev–Trinajstić information content (AvgIpc) is 2.15. The van der Waals surface area contributed by atoms with Crippen LogP contribution in [0, 0.1) is 17.8 Å². The summed E-state index contributed by atoms with van der Waals surface area (Å²) in [5.74, 6) is -9.45. The van der Waals surface area contributed by atoms with E-state index in [9.17, 15) is 19.2 Å². The number of carboxylic acid groups (broad SMARTS) is 4. The Kier molecular flexibility index (Phi) is 4.62. The molecular weight excluding hydrogens is 236 g/mol. The van der Waals surface area contributed by atoms with E-state index in [1.165, 1.54) is 0 Å². The number of rotatable bonds is 7. The van der Waals surface area contributed by atoms with Crippen molar-refractivity contribution in [2.75, 3.05) is 0 Å². The van der Waals surface area contributed by atoms with Crippen LogP contribution in [0.25, 0.3) is 0 Å². The SMILES string of the molecule is CCC(C(=O)O)(C(=O)O)C([CH]C(=O)O)C(=O)O. The third-order valence-electron chi connectivity index (χ3n) is 2.43. The molecule has 0 spiro atoms. The van der Waals surface area contributed by atoms with Crippen LogP contribution in [-0.2, 0) is 19.2 Å². The van der Waals surface area contributed by atoms with Crippen LogP contribution in [0.1, 0.15) is 13.3 Å². The Hall–Kier alpha value is -2.12. The summed E-state index contributed by atoms with van der Waals surface area (Å²) in [6.07, 6.45) is -0.396. The highest BCUT2D eigenvalue weighted by Crippen LogP contribution is 2.35. The van der Waals surface area contributed by atoms with Crippen molar-refractivity contribution < 1.29 is 39.6 Å². The summed E-state index contributed by atoms with van der Waals surface area (Å²) in [7, 11) is 0. The normalized spacial score (nSPS) is 12.8. The van der Waals surface area contributed by atoms with Gasteiger partial charge in [-0.05, 0) is 6.42 Å². The van der Waals surface area contributed by atoms with Gasteiger partial charge in [-0.25, -0.2) is 0 Å². The van der Waals surface area contributed by atoms with E-state index in [0.717, 1.165) is 6.92 Å². The van der Waals surface area contributed by atoms with Crippen molar-refractivity contribution in [2.24, 2.45) is 11.3 Å². The molecule has 8 nitrogen and oxygen atoms in total. The van der Waals surface area contributed by atoms with Gasteiger partial charge in [-0.3, -0.25) is 19.2 Å². The van der Waals surface area contributed by atoms with E-state index in [4.69, 9.17) is 20.4 Å². The van der Waals surface area contributed by atoms with E-state index >= 15 is 0 Å². The number of aliphatic carboxylic acids is 4. The van der Waals surface area contributed by atoms with Crippen molar-refractivity contribution in [1.82, 2.24) is 0 Å². The van der Waals surface area contributed by atoms with Crippen LogP contribution >= 0.6 is 0 Å². The molecular formula is C9H11O8. The highest BCUT2D eigenvalue weighted by molar-refractivity contribution is 6.04. The summed E-state index contributed by atoms with van der Waals surface area (Å²) in [6.45, 7) is 1.16. The Bertz CT molecular complexity index is 344. The molecule has 0 rings (SSSR count). The third kappa shape index (κ3) is 2.71. The van der Waals surface area contributed by atoms with Gasteiger partial charge in [0.25, 0.3) is 0 Å². The molecule has 0 heterocycles. The molecule has 0 aromatic heterocycles. The molecule has 0 bridgehead atoms. The molecule has 0 aromatic rings. The first-order valence-electron chi connectivity index (χ1n) is 4.47. The van der Waals surface area contributed by atoms with Gasteiger partial charge in [0.2, 0.25) is 0 Å². The minimum Gasteiger partial charge on any atom is -0.481 e. The Morgan fingerprint density at radius 1 is 1.06 bits per heavy atom. The smallest absolute Gasteiger partial charge is 0.321 e. The standard InChI is InChI=1S/C9H11O8/c1-2-9(7(14)15,8(16)17)4(6(12)13)3-5(10)11/h3-4H,2H2,1H3,(H,10,11)(H,12,13)(H,14,15)(H,16,17). The molecule has 0 saturated carbocycles. The van der Waals surface area contributed by atoms with Gasteiger partial charge in [0, 0.05) is 0 Å². The molecule has 1 radical (unpaired) electrons. The maximum Gasteiger partial charge on any atom is 0.321 e. The minimum atomic E-state index is -2.69. The number of hydrogen-bond acceptors (Lipinski definition) is 4. The van der Waals surface area contributed by atoms with Crippen molar-refractivity contribution >= 4 is 23.9 Å². The second-order valence-corrected chi connectivity index (χ2v) is 3.26. The topological polar surface area (TPSA) is 149 Å². The van der Waals surface area contributed by atoms with E-state index < -0.39 is 41.6 Å². The molecule has 1 atom stereocenters. The Balaban J connectivity index is 5.67. The van der Waals surface area contributed by atoms with Crippen molar-refractivity contribution in [3.63, 3.8) is 0 Å². The molecule has 95 valence electrons. The Labute approximate surface area is 95.5 Å². The maximum atomic E-state index is 11.0. The maximum absolute atomic E-state index is 11.0. The van der Waals surface area contributed by atoms with Crippen LogP contribution in [0.15, 0.2) is 0 Å². The zero-order chi connectivity index (χ0) is 13.8. The lowest BCUT2D eigenvalue weighted by Gasteiger charge is -2.28. The van der Waals surface area contributed by atoms with Gasteiger partial charge in [-0.2, -0.15) is 0 Å². The monoisotopic (exact) mass is 247 g/mol. The minimum absolute atomic E-state index is 0.161. The highest BCUT2D eigenvalue weighted by atomic mass is 16.4. The van der Waals surface area contributed by atoms with Crippen LogP contribution in [0.2, 0.25) is 0 Å². The van der Waals surface area contributed by atoms with E-state index in [-0.39, 0.29) is 6.42 Å². The average molecular weight is 247 g/mol. The first-order chi connectivity index (χ1) is 7.70. The van der Waals surface area contributed by atoms with E-state index in [1.807, 2.05) is 0 Å². The lowest BCUT2D eigenvalue weighted by atomic mass is 9.71. The molecule has 1 unspecified atom stereocenters. The van der Waals surface area contributed by atoms with Crippen molar-refractivity contribution in [3.8, 4) is 0 Å². The second-order valence-electron chi connectivity index (χ2n) is 3.26. The molecule has 4 N–H and O–H groups in total. The zero-order valence-electron chi connectivity index (χ0n) is 8.78. The first-order valence-corrected chi connectivity index (χ1v) is 4.47. The van der Waals surface area contributed by atoms with Gasteiger partial charge < -0.3 is 20.4 Å². The van der Waals surface area contributed by atoms with Crippen LogP contribution < -0.4 is 0 Å². The summed E-state index contributed by atoms with van der Waals surface area (Å²) in [5, 5.41) is 35.0. The predicted octanol–water partition coefficient (Wildman–Crippen LogP) is -0.458. The molecule has 0 amide bonds. The van der Waals surface area contributed by atoms with Gasteiger partial charge in [-0.1, -0.05) is 6.92 Å². The lowest BCUT2D eigenvalue weighted by molar-refractivity contribution is -0.175. The van der Waals surface area contributed by atoms with Crippen molar-refractivity contribution in [1.29, 1.82) is 0 Å². The van der Waals surface area contributed by atoms with E-state index in [2.05, 4.69) is 0 Å². The summed E-state index contributed by atoms with van der Waals surface area (Å²) >= 11 is 0. The first kappa shape index (κ1) is 14.9. The summed E-state index contributed by atoms with van der Waals surface area (Å²) in [4.78, 5) is 43.2. The van der Waals surface area contributed by atoms with Crippen molar-refractivity contribution in [2.45, 2.75) is 13.3 Å². The van der Waals surface area contributed by atoms with Gasteiger partial charge in [0.15, 0.2) is 5.41 Å². The fraction of sp³-hybridized carbons (Fsp3) is 0.444. The van der Waals surface area contributed by atoms with Gasteiger partial charge in [0.05, 0.1) is 12.3 Å².